The maximum Gasteiger partial charge on any atom is 0.436 e. The van der Waals surface area contributed by atoms with Crippen LogP contribution in [0.5, 0.6) is 0 Å². The number of carbonyl (C=O) groups is 1. The fraction of sp³-hybridized carbons (Fsp3) is 0.581. The van der Waals surface area contributed by atoms with Gasteiger partial charge in [-0.05, 0) is 56.9 Å². The molecule has 0 saturated carbocycles. The van der Waals surface area contributed by atoms with Crippen molar-refractivity contribution in [3.63, 3.8) is 0 Å². The van der Waals surface area contributed by atoms with Gasteiger partial charge in [0.05, 0.1) is 24.3 Å². The van der Waals surface area contributed by atoms with Gasteiger partial charge in [-0.25, -0.2) is 0 Å². The van der Waals surface area contributed by atoms with Crippen molar-refractivity contribution < 1.29 is 27.4 Å². The summed E-state index contributed by atoms with van der Waals surface area (Å²) in [5.41, 5.74) is -0.578. The number of esters is 1. The Bertz CT molecular complexity index is 1180. The van der Waals surface area contributed by atoms with Crippen LogP contribution in [0.1, 0.15) is 84.0 Å². The minimum absolute atomic E-state index is 0.00822. The lowest BCUT2D eigenvalue weighted by Gasteiger charge is -2.22. The Morgan fingerprint density at radius 2 is 1.77 bits per heavy atom. The summed E-state index contributed by atoms with van der Waals surface area (Å²) >= 11 is 0. The van der Waals surface area contributed by atoms with Crippen molar-refractivity contribution in [3.8, 4) is 11.8 Å². The highest BCUT2D eigenvalue weighted by atomic mass is 19.4. The van der Waals surface area contributed by atoms with Gasteiger partial charge in [-0.15, -0.1) is 0 Å². The van der Waals surface area contributed by atoms with Crippen molar-refractivity contribution in [2.24, 2.45) is 16.3 Å². The molecule has 40 heavy (non-hydrogen) atoms. The quantitative estimate of drug-likeness (QED) is 0.127. The maximum atomic E-state index is 13.7. The summed E-state index contributed by atoms with van der Waals surface area (Å²) in [6, 6.07) is 9.77. The molecule has 0 spiro atoms. The molecule has 0 aliphatic rings. The normalized spacial score (nSPS) is 13.5. The average molecular weight is 562 g/mol. The summed E-state index contributed by atoms with van der Waals surface area (Å²) in [6.07, 6.45) is -1.54. The van der Waals surface area contributed by atoms with E-state index in [9.17, 15) is 18.0 Å². The number of aliphatic imine (C=N–C) groups is 1. The van der Waals surface area contributed by atoms with Gasteiger partial charge in [-0.2, -0.15) is 18.3 Å². The van der Waals surface area contributed by atoms with Gasteiger partial charge in [-0.3, -0.25) is 14.5 Å². The largest absolute Gasteiger partial charge is 0.460 e. The highest BCUT2D eigenvalue weighted by molar-refractivity contribution is 6.03. The predicted molar refractivity (Wildman–Crippen MR) is 151 cm³/mol. The van der Waals surface area contributed by atoms with E-state index < -0.39 is 29.4 Å². The van der Waals surface area contributed by atoms with Gasteiger partial charge in [0.1, 0.15) is 5.60 Å². The van der Waals surface area contributed by atoms with Gasteiger partial charge in [-0.1, -0.05) is 57.0 Å². The number of aryl methyl sites for hydroxylation is 1. The van der Waals surface area contributed by atoms with Crippen LogP contribution in [0, 0.1) is 23.2 Å². The Hall–Kier alpha value is -3.12. The fourth-order valence-corrected chi connectivity index (χ4v) is 3.87. The molecule has 2 rings (SSSR count). The zero-order valence-electron chi connectivity index (χ0n) is 24.7. The first kappa shape index (κ1) is 33.1. The van der Waals surface area contributed by atoms with Crippen molar-refractivity contribution in [1.82, 2.24) is 9.78 Å². The number of ether oxygens (including phenoxy) is 2. The molecular formula is C31H42F3N3O3. The molecule has 1 aromatic carbocycles. The van der Waals surface area contributed by atoms with Gasteiger partial charge in [0.2, 0.25) is 0 Å². The first-order chi connectivity index (χ1) is 18.6. The van der Waals surface area contributed by atoms with E-state index in [0.29, 0.717) is 44.7 Å². The average Bonchev–Trinajstić information content (AvgIpc) is 3.25. The third-order valence-electron chi connectivity index (χ3n) is 5.86. The number of nitrogens with zero attached hydrogens (tertiary/aromatic N) is 3. The van der Waals surface area contributed by atoms with Crippen molar-refractivity contribution in [2.75, 3.05) is 13.7 Å². The molecule has 0 aliphatic heterocycles. The number of aromatic nitrogens is 2. The van der Waals surface area contributed by atoms with Crippen molar-refractivity contribution in [3.05, 3.63) is 53.3 Å². The second-order valence-corrected chi connectivity index (χ2v) is 12.0. The smallest absolute Gasteiger partial charge is 0.436 e. The van der Waals surface area contributed by atoms with E-state index in [1.54, 1.807) is 20.8 Å². The molecule has 1 aromatic heterocycles. The standard InChI is InChI=1S/C31H42F3N3O3/c1-29(2,3)17-18-37-21-25(28(36-37)31(32,33)34)15-16-26(35-7)24(20-27(38)40-30(4,5)6)14-11-19-39-22-23-12-9-8-10-13-23/h8-10,12-13,21,24H,11,14,17-20,22H2,1-7H3/b35-26+/t24-/m0/s1. The summed E-state index contributed by atoms with van der Waals surface area (Å²) in [5, 5.41) is 3.78. The van der Waals surface area contributed by atoms with E-state index in [1.165, 1.54) is 17.9 Å². The summed E-state index contributed by atoms with van der Waals surface area (Å²) in [4.78, 5) is 16.9. The maximum absolute atomic E-state index is 13.7. The molecule has 0 saturated heterocycles. The first-order valence-corrected chi connectivity index (χ1v) is 13.5. The van der Waals surface area contributed by atoms with E-state index in [0.717, 1.165) is 5.56 Å². The lowest BCUT2D eigenvalue weighted by atomic mass is 9.92. The van der Waals surface area contributed by atoms with E-state index >= 15 is 0 Å². The van der Waals surface area contributed by atoms with E-state index in [-0.39, 0.29) is 17.4 Å². The number of halogens is 3. The molecule has 6 nitrogen and oxygen atoms in total. The number of rotatable bonds is 11. The third-order valence-corrected chi connectivity index (χ3v) is 5.86. The molecule has 0 amide bonds. The van der Waals surface area contributed by atoms with Crippen LogP contribution >= 0.6 is 0 Å². The molecule has 1 atom stereocenters. The molecule has 0 unspecified atom stereocenters. The third kappa shape index (κ3) is 12.4. The Balaban J connectivity index is 2.21. The first-order valence-electron chi connectivity index (χ1n) is 13.5. The lowest BCUT2D eigenvalue weighted by Crippen LogP contribution is -2.27. The highest BCUT2D eigenvalue weighted by Crippen LogP contribution is 2.31. The van der Waals surface area contributed by atoms with Gasteiger partial charge in [0.25, 0.3) is 0 Å². The molecule has 9 heteroatoms. The van der Waals surface area contributed by atoms with Crippen LogP contribution in [0.25, 0.3) is 0 Å². The van der Waals surface area contributed by atoms with Gasteiger partial charge >= 0.3 is 12.1 Å². The van der Waals surface area contributed by atoms with Crippen LogP contribution in [0.4, 0.5) is 13.2 Å². The molecule has 220 valence electrons. The second-order valence-electron chi connectivity index (χ2n) is 12.0. The monoisotopic (exact) mass is 561 g/mol. The SMILES string of the molecule is C/N=C(\C#Cc1cn(CCC(C)(C)C)nc1C(F)(F)F)[C@@H](CCCOCc1ccccc1)CC(=O)OC(C)(C)C. The van der Waals surface area contributed by atoms with Crippen LogP contribution in [-0.2, 0) is 33.6 Å². The summed E-state index contributed by atoms with van der Waals surface area (Å²) in [7, 11) is 1.52. The minimum atomic E-state index is -4.65. The fourth-order valence-electron chi connectivity index (χ4n) is 3.87. The molecular weight excluding hydrogens is 519 g/mol. The molecule has 1 heterocycles. The van der Waals surface area contributed by atoms with E-state index in [1.807, 2.05) is 51.1 Å². The van der Waals surface area contributed by atoms with E-state index in [2.05, 4.69) is 21.9 Å². The number of benzene rings is 1. The Labute approximate surface area is 236 Å². The lowest BCUT2D eigenvalue weighted by molar-refractivity contribution is -0.155. The van der Waals surface area contributed by atoms with Crippen LogP contribution in [0.3, 0.4) is 0 Å². The molecule has 0 bridgehead atoms. The Morgan fingerprint density at radius 1 is 1.10 bits per heavy atom. The summed E-state index contributed by atoms with van der Waals surface area (Å²) in [6.45, 7) is 12.6. The zero-order valence-corrected chi connectivity index (χ0v) is 24.7. The van der Waals surface area contributed by atoms with Crippen LogP contribution in [0.15, 0.2) is 41.5 Å². The van der Waals surface area contributed by atoms with Gasteiger partial charge in [0.15, 0.2) is 5.69 Å². The van der Waals surface area contributed by atoms with Gasteiger partial charge < -0.3 is 9.47 Å². The van der Waals surface area contributed by atoms with Crippen molar-refractivity contribution in [2.45, 2.75) is 92.2 Å². The highest BCUT2D eigenvalue weighted by Gasteiger charge is 2.37. The number of hydrogen-bond acceptors (Lipinski definition) is 5. The Morgan fingerprint density at radius 3 is 2.35 bits per heavy atom. The number of alkyl halides is 3. The number of hydrogen-bond donors (Lipinski definition) is 0. The molecule has 2 aromatic rings. The number of carbonyl (C=O) groups excluding carboxylic acids is 1. The van der Waals surface area contributed by atoms with Crippen LogP contribution < -0.4 is 0 Å². The molecule has 0 aliphatic carbocycles. The van der Waals surface area contributed by atoms with Crippen LogP contribution in [-0.4, -0.2) is 40.7 Å². The van der Waals surface area contributed by atoms with Crippen LogP contribution in [0.2, 0.25) is 0 Å². The summed E-state index contributed by atoms with van der Waals surface area (Å²) in [5.74, 6) is 4.61. The molecule has 0 fully saturated rings. The minimum Gasteiger partial charge on any atom is -0.460 e. The summed E-state index contributed by atoms with van der Waals surface area (Å²) < 4.78 is 53.8. The molecule has 0 N–H and O–H groups in total. The predicted octanol–water partition coefficient (Wildman–Crippen LogP) is 7.11. The second kappa shape index (κ2) is 14.5. The Kier molecular flexibility index (Phi) is 12.0. The topological polar surface area (TPSA) is 65.7 Å². The van der Waals surface area contributed by atoms with Crippen molar-refractivity contribution in [1.29, 1.82) is 0 Å². The molecule has 0 radical (unpaired) electrons. The van der Waals surface area contributed by atoms with E-state index in [4.69, 9.17) is 9.47 Å². The van der Waals surface area contributed by atoms with Crippen molar-refractivity contribution >= 4 is 11.7 Å². The zero-order chi connectivity index (χ0) is 30.0. The van der Waals surface area contributed by atoms with Gasteiger partial charge in [0, 0.05) is 32.3 Å².